The molecule has 1 unspecified atom stereocenters. The first-order valence-corrected chi connectivity index (χ1v) is 6.31. The SMILES string of the molecule is Fc1ccc(Br)c(NCC2CCCOC2)c1. The quantitative estimate of drug-likeness (QED) is 0.920. The van der Waals surface area contributed by atoms with E-state index in [9.17, 15) is 4.39 Å². The minimum absolute atomic E-state index is 0.217. The third-order valence-corrected chi connectivity index (χ3v) is 3.46. The second-order valence-electron chi connectivity index (χ2n) is 4.09. The van der Waals surface area contributed by atoms with Crippen molar-refractivity contribution in [1.29, 1.82) is 0 Å². The van der Waals surface area contributed by atoms with Gasteiger partial charge in [0.15, 0.2) is 0 Å². The van der Waals surface area contributed by atoms with E-state index in [-0.39, 0.29) is 5.82 Å². The largest absolute Gasteiger partial charge is 0.384 e. The Bertz CT molecular complexity index is 353. The highest BCUT2D eigenvalue weighted by atomic mass is 79.9. The molecule has 0 saturated carbocycles. The average Bonchev–Trinajstić information content (AvgIpc) is 2.32. The summed E-state index contributed by atoms with van der Waals surface area (Å²) < 4.78 is 19.3. The van der Waals surface area contributed by atoms with Crippen molar-refractivity contribution in [2.24, 2.45) is 5.92 Å². The highest BCUT2D eigenvalue weighted by Gasteiger charge is 2.13. The molecule has 1 aliphatic rings. The molecule has 1 aromatic rings. The fraction of sp³-hybridized carbons (Fsp3) is 0.500. The van der Waals surface area contributed by atoms with Gasteiger partial charge in [-0.3, -0.25) is 0 Å². The maximum Gasteiger partial charge on any atom is 0.125 e. The van der Waals surface area contributed by atoms with Gasteiger partial charge in [0.2, 0.25) is 0 Å². The van der Waals surface area contributed by atoms with Gasteiger partial charge in [-0.25, -0.2) is 4.39 Å². The monoisotopic (exact) mass is 287 g/mol. The molecule has 88 valence electrons. The topological polar surface area (TPSA) is 21.3 Å². The van der Waals surface area contributed by atoms with E-state index in [1.54, 1.807) is 6.07 Å². The number of nitrogens with one attached hydrogen (secondary N) is 1. The standard InChI is InChI=1S/C12H15BrFNO/c13-11-4-3-10(14)6-12(11)15-7-9-2-1-5-16-8-9/h3-4,6,9,15H,1-2,5,7-8H2. The Morgan fingerprint density at radius 1 is 1.50 bits per heavy atom. The van der Waals surface area contributed by atoms with E-state index >= 15 is 0 Å². The highest BCUT2D eigenvalue weighted by Crippen LogP contribution is 2.24. The van der Waals surface area contributed by atoms with Crippen LogP contribution in [0.5, 0.6) is 0 Å². The number of rotatable bonds is 3. The molecule has 0 bridgehead atoms. The van der Waals surface area contributed by atoms with Crippen molar-refractivity contribution in [1.82, 2.24) is 0 Å². The number of benzene rings is 1. The first-order valence-electron chi connectivity index (χ1n) is 5.52. The van der Waals surface area contributed by atoms with Crippen LogP contribution < -0.4 is 5.32 Å². The van der Waals surface area contributed by atoms with Crippen molar-refractivity contribution >= 4 is 21.6 Å². The summed E-state index contributed by atoms with van der Waals surface area (Å²) in [6, 6.07) is 4.67. The van der Waals surface area contributed by atoms with Crippen molar-refractivity contribution in [2.45, 2.75) is 12.8 Å². The summed E-state index contributed by atoms with van der Waals surface area (Å²) in [5.74, 6) is 0.314. The lowest BCUT2D eigenvalue weighted by Crippen LogP contribution is -2.24. The third kappa shape index (κ3) is 3.19. The van der Waals surface area contributed by atoms with Crippen molar-refractivity contribution in [3.8, 4) is 0 Å². The first-order chi connectivity index (χ1) is 7.75. The highest BCUT2D eigenvalue weighted by molar-refractivity contribution is 9.10. The molecule has 1 N–H and O–H groups in total. The second kappa shape index (κ2) is 5.64. The molecule has 16 heavy (non-hydrogen) atoms. The molecule has 0 amide bonds. The van der Waals surface area contributed by atoms with Crippen LogP contribution in [0.3, 0.4) is 0 Å². The molecule has 0 radical (unpaired) electrons. The van der Waals surface area contributed by atoms with E-state index in [0.717, 1.165) is 36.3 Å². The summed E-state index contributed by atoms with van der Waals surface area (Å²) >= 11 is 3.40. The Morgan fingerprint density at radius 3 is 3.12 bits per heavy atom. The first kappa shape index (κ1) is 11.9. The zero-order valence-corrected chi connectivity index (χ0v) is 10.6. The molecule has 1 fully saturated rings. The van der Waals surface area contributed by atoms with Crippen LogP contribution in [0.25, 0.3) is 0 Å². The summed E-state index contributed by atoms with van der Waals surface area (Å²) in [4.78, 5) is 0. The van der Waals surface area contributed by atoms with Crippen molar-refractivity contribution in [3.05, 3.63) is 28.5 Å². The van der Waals surface area contributed by atoms with Gasteiger partial charge in [-0.1, -0.05) is 0 Å². The Labute approximate surface area is 103 Å². The fourth-order valence-electron chi connectivity index (χ4n) is 1.86. The van der Waals surface area contributed by atoms with Gasteiger partial charge in [0.25, 0.3) is 0 Å². The minimum atomic E-state index is -0.217. The van der Waals surface area contributed by atoms with Gasteiger partial charge in [0.1, 0.15) is 5.82 Å². The summed E-state index contributed by atoms with van der Waals surface area (Å²) in [5.41, 5.74) is 0.811. The summed E-state index contributed by atoms with van der Waals surface area (Å²) in [5, 5.41) is 3.26. The van der Waals surface area contributed by atoms with Crippen molar-refractivity contribution < 1.29 is 9.13 Å². The normalized spacial score (nSPS) is 20.8. The molecule has 0 aromatic heterocycles. The van der Waals surface area contributed by atoms with Gasteiger partial charge in [0, 0.05) is 17.6 Å². The molecule has 1 aromatic carbocycles. The second-order valence-corrected chi connectivity index (χ2v) is 4.94. The zero-order chi connectivity index (χ0) is 11.4. The molecule has 1 aliphatic heterocycles. The number of halogens is 2. The van der Waals surface area contributed by atoms with E-state index in [1.165, 1.54) is 18.6 Å². The predicted molar refractivity (Wildman–Crippen MR) is 66.1 cm³/mol. The zero-order valence-electron chi connectivity index (χ0n) is 9.01. The van der Waals surface area contributed by atoms with Crippen LogP contribution in [0.4, 0.5) is 10.1 Å². The minimum Gasteiger partial charge on any atom is -0.384 e. The molecule has 0 spiro atoms. The van der Waals surface area contributed by atoms with Crippen LogP contribution in [0.15, 0.2) is 22.7 Å². The molecule has 1 saturated heterocycles. The van der Waals surface area contributed by atoms with Gasteiger partial charge >= 0.3 is 0 Å². The number of anilines is 1. The van der Waals surface area contributed by atoms with Gasteiger partial charge in [-0.2, -0.15) is 0 Å². The average molecular weight is 288 g/mol. The van der Waals surface area contributed by atoms with Gasteiger partial charge in [-0.05, 0) is 52.9 Å². The van der Waals surface area contributed by atoms with Crippen LogP contribution in [0.2, 0.25) is 0 Å². The summed E-state index contributed by atoms with van der Waals surface area (Å²) in [7, 11) is 0. The van der Waals surface area contributed by atoms with Gasteiger partial charge in [-0.15, -0.1) is 0 Å². The van der Waals surface area contributed by atoms with E-state index in [1.807, 2.05) is 0 Å². The Hall–Kier alpha value is -0.610. The van der Waals surface area contributed by atoms with Crippen LogP contribution >= 0.6 is 15.9 Å². The van der Waals surface area contributed by atoms with Crippen LogP contribution in [-0.4, -0.2) is 19.8 Å². The van der Waals surface area contributed by atoms with Crippen LogP contribution in [-0.2, 0) is 4.74 Å². The smallest absolute Gasteiger partial charge is 0.125 e. The molecule has 1 heterocycles. The van der Waals surface area contributed by atoms with E-state index in [2.05, 4.69) is 21.2 Å². The van der Waals surface area contributed by atoms with Crippen LogP contribution in [0, 0.1) is 11.7 Å². The molecule has 2 nitrogen and oxygen atoms in total. The number of hydrogen-bond acceptors (Lipinski definition) is 2. The molecular formula is C12H15BrFNO. The van der Waals surface area contributed by atoms with E-state index in [0.29, 0.717) is 5.92 Å². The lowest BCUT2D eigenvalue weighted by molar-refractivity contribution is 0.0595. The van der Waals surface area contributed by atoms with E-state index < -0.39 is 0 Å². The van der Waals surface area contributed by atoms with Gasteiger partial charge in [0.05, 0.1) is 12.3 Å². The van der Waals surface area contributed by atoms with E-state index in [4.69, 9.17) is 4.74 Å². The van der Waals surface area contributed by atoms with Crippen molar-refractivity contribution in [2.75, 3.05) is 25.1 Å². The predicted octanol–water partition coefficient (Wildman–Crippen LogP) is 3.43. The van der Waals surface area contributed by atoms with Crippen molar-refractivity contribution in [3.63, 3.8) is 0 Å². The summed E-state index contributed by atoms with van der Waals surface area (Å²) in [6.07, 6.45) is 2.30. The molecule has 2 rings (SSSR count). The molecule has 4 heteroatoms. The lowest BCUT2D eigenvalue weighted by Gasteiger charge is -2.23. The maximum absolute atomic E-state index is 13.0. The van der Waals surface area contributed by atoms with Crippen LogP contribution in [0.1, 0.15) is 12.8 Å². The Balaban J connectivity index is 1.90. The lowest BCUT2D eigenvalue weighted by atomic mass is 10.0. The molecule has 0 aliphatic carbocycles. The number of hydrogen-bond donors (Lipinski definition) is 1. The van der Waals surface area contributed by atoms with Gasteiger partial charge < -0.3 is 10.1 Å². The maximum atomic E-state index is 13.0. The molecule has 1 atom stereocenters. The Kier molecular flexibility index (Phi) is 4.18. The fourth-order valence-corrected chi connectivity index (χ4v) is 2.24. The number of ether oxygens (including phenoxy) is 1. The third-order valence-electron chi connectivity index (χ3n) is 2.76. The molecular weight excluding hydrogens is 273 g/mol. The summed E-state index contributed by atoms with van der Waals surface area (Å²) in [6.45, 7) is 2.52. The Morgan fingerprint density at radius 2 is 2.38 bits per heavy atom.